The molecular formula is C16H29NO11. The summed E-state index contributed by atoms with van der Waals surface area (Å²) in [5.41, 5.74) is 2.65. The SMILES string of the molecule is CCONC1C(OC)OC(CO)C(O)C1OC1OC(C=O)C(OC)C(O)C1O. The molecule has 2 fully saturated rings. The predicted molar refractivity (Wildman–Crippen MR) is 89.7 cm³/mol. The van der Waals surface area contributed by atoms with Gasteiger partial charge in [-0.2, -0.15) is 5.48 Å². The summed E-state index contributed by atoms with van der Waals surface area (Å²) in [6.07, 6.45) is -10.9. The molecule has 0 saturated carbocycles. The van der Waals surface area contributed by atoms with Crippen molar-refractivity contribution in [2.45, 2.75) is 68.3 Å². The van der Waals surface area contributed by atoms with Crippen molar-refractivity contribution in [2.75, 3.05) is 27.4 Å². The van der Waals surface area contributed by atoms with Gasteiger partial charge in [0.2, 0.25) is 0 Å². The van der Waals surface area contributed by atoms with Crippen molar-refractivity contribution in [1.82, 2.24) is 5.48 Å². The number of hydroxylamine groups is 1. The van der Waals surface area contributed by atoms with Crippen LogP contribution < -0.4 is 5.48 Å². The van der Waals surface area contributed by atoms with Gasteiger partial charge in [0.15, 0.2) is 18.9 Å². The smallest absolute Gasteiger partial charge is 0.187 e. The van der Waals surface area contributed by atoms with Gasteiger partial charge in [0.1, 0.15) is 48.8 Å². The van der Waals surface area contributed by atoms with E-state index in [-0.39, 0.29) is 6.61 Å². The van der Waals surface area contributed by atoms with E-state index in [0.29, 0.717) is 6.29 Å². The van der Waals surface area contributed by atoms with Crippen LogP contribution in [-0.2, 0) is 33.3 Å². The van der Waals surface area contributed by atoms with Crippen molar-refractivity contribution in [3.63, 3.8) is 0 Å². The molecule has 0 aromatic rings. The summed E-state index contributed by atoms with van der Waals surface area (Å²) in [4.78, 5) is 16.5. The second-order valence-corrected chi connectivity index (χ2v) is 6.42. The summed E-state index contributed by atoms with van der Waals surface area (Å²) in [7, 11) is 2.62. The van der Waals surface area contributed by atoms with E-state index in [1.807, 2.05) is 0 Å². The van der Waals surface area contributed by atoms with Crippen LogP contribution in [0.25, 0.3) is 0 Å². The highest BCUT2D eigenvalue weighted by Crippen LogP contribution is 2.29. The molecule has 5 N–H and O–H groups in total. The minimum absolute atomic E-state index is 0.281. The molecule has 2 aliphatic rings. The summed E-state index contributed by atoms with van der Waals surface area (Å²) >= 11 is 0. The Hall–Kier alpha value is -0.770. The van der Waals surface area contributed by atoms with Crippen LogP contribution in [0.1, 0.15) is 6.92 Å². The minimum Gasteiger partial charge on any atom is -0.394 e. The van der Waals surface area contributed by atoms with Gasteiger partial charge in [-0.15, -0.1) is 0 Å². The summed E-state index contributed by atoms with van der Waals surface area (Å²) in [6.45, 7) is 1.48. The molecule has 164 valence electrons. The first-order valence-electron chi connectivity index (χ1n) is 8.93. The summed E-state index contributed by atoms with van der Waals surface area (Å²) in [5.74, 6) is 0. The van der Waals surface area contributed by atoms with Gasteiger partial charge < -0.3 is 53.7 Å². The third kappa shape index (κ3) is 4.86. The lowest BCUT2D eigenvalue weighted by Gasteiger charge is -2.47. The molecular weight excluding hydrogens is 382 g/mol. The molecule has 10 unspecified atom stereocenters. The standard InChI is InChI=1S/C16H29NO11/c1-4-25-17-9-14(10(20)7(5-18)26-15(9)24-3)28-16-12(22)11(21)13(23-2)8(6-19)27-16/h6-18,20-22H,4-5H2,1-3H3. The molecule has 0 radical (unpaired) electrons. The number of nitrogens with one attached hydrogen (secondary N) is 1. The quantitative estimate of drug-likeness (QED) is 0.189. The third-order valence-corrected chi connectivity index (χ3v) is 4.73. The molecule has 28 heavy (non-hydrogen) atoms. The maximum Gasteiger partial charge on any atom is 0.187 e. The van der Waals surface area contributed by atoms with Gasteiger partial charge in [-0.05, 0) is 6.92 Å². The van der Waals surface area contributed by atoms with Crippen LogP contribution in [-0.4, -0.2) is 115 Å². The number of hydrogen-bond donors (Lipinski definition) is 5. The largest absolute Gasteiger partial charge is 0.394 e. The maximum absolute atomic E-state index is 11.3. The number of carbonyl (C=O) groups is 1. The van der Waals surface area contributed by atoms with Crippen LogP contribution in [0.5, 0.6) is 0 Å². The first-order chi connectivity index (χ1) is 13.4. The zero-order valence-electron chi connectivity index (χ0n) is 15.9. The molecule has 0 aliphatic carbocycles. The molecule has 2 rings (SSSR count). The van der Waals surface area contributed by atoms with Crippen LogP contribution >= 0.6 is 0 Å². The number of aliphatic hydroxyl groups is 4. The Balaban J connectivity index is 2.23. The first kappa shape index (κ1) is 23.5. The highest BCUT2D eigenvalue weighted by atomic mass is 16.7. The molecule has 0 spiro atoms. The van der Waals surface area contributed by atoms with Crippen molar-refractivity contribution >= 4 is 6.29 Å². The van der Waals surface area contributed by atoms with Crippen LogP contribution in [0.4, 0.5) is 0 Å². The lowest BCUT2D eigenvalue weighted by atomic mass is 9.96. The van der Waals surface area contributed by atoms with Gasteiger partial charge in [0.25, 0.3) is 0 Å². The summed E-state index contributed by atoms with van der Waals surface area (Å²) < 4.78 is 26.8. The van der Waals surface area contributed by atoms with Crippen molar-refractivity contribution in [3.05, 3.63) is 0 Å². The van der Waals surface area contributed by atoms with Crippen LogP contribution in [0.3, 0.4) is 0 Å². The second-order valence-electron chi connectivity index (χ2n) is 6.42. The Morgan fingerprint density at radius 1 is 1.00 bits per heavy atom. The lowest BCUT2D eigenvalue weighted by Crippen LogP contribution is -2.67. The highest BCUT2D eigenvalue weighted by Gasteiger charge is 2.51. The fourth-order valence-corrected chi connectivity index (χ4v) is 3.25. The number of carbonyl (C=O) groups excluding carboxylic acids is 1. The number of ether oxygens (including phenoxy) is 5. The Morgan fingerprint density at radius 3 is 2.25 bits per heavy atom. The molecule has 12 heteroatoms. The van der Waals surface area contributed by atoms with Crippen molar-refractivity contribution < 1.29 is 53.7 Å². The maximum atomic E-state index is 11.3. The summed E-state index contributed by atoms with van der Waals surface area (Å²) in [5, 5.41) is 40.6. The van der Waals surface area contributed by atoms with Gasteiger partial charge in [-0.25, -0.2) is 0 Å². The molecule has 10 atom stereocenters. The van der Waals surface area contributed by atoms with Crippen molar-refractivity contribution in [3.8, 4) is 0 Å². The van der Waals surface area contributed by atoms with Gasteiger partial charge in [0, 0.05) is 14.2 Å². The molecule has 12 nitrogen and oxygen atoms in total. The van der Waals surface area contributed by atoms with E-state index in [9.17, 15) is 25.2 Å². The number of aliphatic hydroxyl groups excluding tert-OH is 4. The van der Waals surface area contributed by atoms with Crippen LogP contribution in [0, 0.1) is 0 Å². The van der Waals surface area contributed by atoms with E-state index >= 15 is 0 Å². The van der Waals surface area contributed by atoms with E-state index in [1.165, 1.54) is 14.2 Å². The van der Waals surface area contributed by atoms with E-state index in [2.05, 4.69) is 5.48 Å². The Kier molecular flexibility index (Phi) is 9.11. The molecule has 0 bridgehead atoms. The average Bonchev–Trinajstić information content (AvgIpc) is 2.71. The molecule has 0 aromatic carbocycles. The van der Waals surface area contributed by atoms with E-state index in [1.54, 1.807) is 6.92 Å². The fourth-order valence-electron chi connectivity index (χ4n) is 3.25. The third-order valence-electron chi connectivity index (χ3n) is 4.73. The van der Waals surface area contributed by atoms with Crippen molar-refractivity contribution in [2.24, 2.45) is 0 Å². The topological polar surface area (TPSA) is 165 Å². The minimum atomic E-state index is -1.57. The Morgan fingerprint density at radius 2 is 1.71 bits per heavy atom. The lowest BCUT2D eigenvalue weighted by molar-refractivity contribution is -0.343. The zero-order chi connectivity index (χ0) is 20.8. The van der Waals surface area contributed by atoms with Gasteiger partial charge >= 0.3 is 0 Å². The predicted octanol–water partition coefficient (Wildman–Crippen LogP) is -3.33. The number of aldehydes is 1. The normalized spacial score (nSPS) is 44.4. The Labute approximate surface area is 162 Å². The first-order valence-corrected chi connectivity index (χ1v) is 8.93. The molecule has 0 amide bonds. The van der Waals surface area contributed by atoms with Crippen molar-refractivity contribution in [1.29, 1.82) is 0 Å². The van der Waals surface area contributed by atoms with Crippen LogP contribution in [0.15, 0.2) is 0 Å². The molecule has 2 aliphatic heterocycles. The molecule has 2 saturated heterocycles. The van der Waals surface area contributed by atoms with E-state index in [4.69, 9.17) is 28.5 Å². The summed E-state index contributed by atoms with van der Waals surface area (Å²) in [6, 6.07) is -0.884. The molecule has 2 heterocycles. The van der Waals surface area contributed by atoms with Gasteiger partial charge in [0.05, 0.1) is 13.2 Å². The van der Waals surface area contributed by atoms with Gasteiger partial charge in [-0.3, -0.25) is 0 Å². The van der Waals surface area contributed by atoms with E-state index in [0.717, 1.165) is 0 Å². The number of hydrogen-bond acceptors (Lipinski definition) is 12. The zero-order valence-corrected chi connectivity index (χ0v) is 15.9. The Bertz CT molecular complexity index is 484. The fraction of sp³-hybridized carbons (Fsp3) is 0.938. The van der Waals surface area contributed by atoms with E-state index < -0.39 is 68.0 Å². The second kappa shape index (κ2) is 10.8. The molecule has 0 aromatic heterocycles. The monoisotopic (exact) mass is 411 g/mol. The number of methoxy groups -OCH3 is 2. The number of rotatable bonds is 9. The van der Waals surface area contributed by atoms with Crippen LogP contribution in [0.2, 0.25) is 0 Å². The van der Waals surface area contributed by atoms with Gasteiger partial charge in [-0.1, -0.05) is 0 Å². The average molecular weight is 411 g/mol. The highest BCUT2D eigenvalue weighted by molar-refractivity contribution is 5.57.